The van der Waals surface area contributed by atoms with Crippen LogP contribution in [0.5, 0.6) is 0 Å². The van der Waals surface area contributed by atoms with E-state index in [0.29, 0.717) is 6.54 Å². The minimum atomic E-state index is -0.415. The first kappa shape index (κ1) is 13.6. The molecule has 1 fully saturated rings. The maximum absolute atomic E-state index is 10.7. The van der Waals surface area contributed by atoms with Crippen LogP contribution in [0.15, 0.2) is 30.3 Å². The van der Waals surface area contributed by atoms with Crippen molar-refractivity contribution in [3.63, 3.8) is 0 Å². The number of rotatable bonds is 3. The molecule has 0 radical (unpaired) electrons. The van der Waals surface area contributed by atoms with E-state index in [1.165, 1.54) is 32.1 Å². The highest BCUT2D eigenvalue weighted by Crippen LogP contribution is 2.43. The van der Waals surface area contributed by atoms with Crippen LogP contribution in [0.2, 0.25) is 0 Å². The van der Waals surface area contributed by atoms with Crippen molar-refractivity contribution < 1.29 is 5.11 Å². The topological polar surface area (TPSA) is 46.2 Å². The van der Waals surface area contributed by atoms with E-state index < -0.39 is 6.10 Å². The van der Waals surface area contributed by atoms with Crippen molar-refractivity contribution in [2.24, 2.45) is 11.1 Å². The summed E-state index contributed by atoms with van der Waals surface area (Å²) in [5.74, 6) is 0. The van der Waals surface area contributed by atoms with Crippen molar-refractivity contribution in [3.8, 4) is 0 Å². The van der Waals surface area contributed by atoms with Gasteiger partial charge in [-0.05, 0) is 18.4 Å². The predicted molar refractivity (Wildman–Crippen MR) is 75.2 cm³/mol. The van der Waals surface area contributed by atoms with Crippen molar-refractivity contribution in [1.82, 2.24) is 0 Å². The van der Waals surface area contributed by atoms with E-state index in [2.05, 4.69) is 0 Å². The Morgan fingerprint density at radius 3 is 2.11 bits per heavy atom. The van der Waals surface area contributed by atoms with Gasteiger partial charge in [0, 0.05) is 12.0 Å². The van der Waals surface area contributed by atoms with Crippen molar-refractivity contribution in [2.75, 3.05) is 6.54 Å². The smallest absolute Gasteiger partial charge is 0.0858 e. The van der Waals surface area contributed by atoms with Crippen molar-refractivity contribution in [3.05, 3.63) is 35.9 Å². The first-order chi connectivity index (χ1) is 8.78. The average molecular weight is 247 g/mol. The van der Waals surface area contributed by atoms with E-state index in [1.807, 2.05) is 30.3 Å². The van der Waals surface area contributed by atoms with Crippen LogP contribution in [-0.2, 0) is 0 Å². The van der Waals surface area contributed by atoms with Gasteiger partial charge in [-0.25, -0.2) is 0 Å². The van der Waals surface area contributed by atoms with E-state index in [4.69, 9.17) is 5.73 Å². The molecule has 1 aliphatic carbocycles. The van der Waals surface area contributed by atoms with E-state index in [1.54, 1.807) is 0 Å². The van der Waals surface area contributed by atoms with E-state index >= 15 is 0 Å². The fourth-order valence-corrected chi connectivity index (χ4v) is 3.19. The fraction of sp³-hybridized carbons (Fsp3) is 0.625. The predicted octanol–water partition coefficient (Wildman–Crippen LogP) is 3.41. The van der Waals surface area contributed by atoms with Crippen molar-refractivity contribution in [2.45, 2.75) is 51.0 Å². The monoisotopic (exact) mass is 247 g/mol. The Labute approximate surface area is 110 Å². The quantitative estimate of drug-likeness (QED) is 0.859. The third-order valence-electron chi connectivity index (χ3n) is 4.45. The fourth-order valence-electron chi connectivity index (χ4n) is 3.19. The Bertz CT molecular complexity index is 341. The molecule has 1 aromatic carbocycles. The lowest BCUT2D eigenvalue weighted by molar-refractivity contribution is 0.00849. The number of aliphatic hydroxyl groups excluding tert-OH is 1. The van der Waals surface area contributed by atoms with Crippen molar-refractivity contribution in [1.29, 1.82) is 0 Å². The Balaban J connectivity index is 2.18. The van der Waals surface area contributed by atoms with Crippen LogP contribution in [0.4, 0.5) is 0 Å². The summed E-state index contributed by atoms with van der Waals surface area (Å²) in [6.45, 7) is 0.586. The largest absolute Gasteiger partial charge is 0.388 e. The zero-order valence-corrected chi connectivity index (χ0v) is 11.1. The molecular weight excluding hydrogens is 222 g/mol. The standard InChI is InChI=1S/C16H25NO/c17-13-16(11-7-2-1-3-8-12-16)15(18)14-9-5-4-6-10-14/h4-6,9-10,15,18H,1-3,7-8,11-13,17H2. The van der Waals surface area contributed by atoms with Crippen LogP contribution in [0.25, 0.3) is 0 Å². The molecule has 0 aliphatic heterocycles. The molecule has 3 N–H and O–H groups in total. The van der Waals surface area contributed by atoms with Gasteiger partial charge >= 0.3 is 0 Å². The lowest BCUT2D eigenvalue weighted by Crippen LogP contribution is -2.37. The molecule has 18 heavy (non-hydrogen) atoms. The normalized spacial score (nSPS) is 21.9. The summed E-state index contributed by atoms with van der Waals surface area (Å²) < 4.78 is 0. The molecule has 1 unspecified atom stereocenters. The van der Waals surface area contributed by atoms with Gasteiger partial charge in [-0.2, -0.15) is 0 Å². The van der Waals surface area contributed by atoms with Crippen LogP contribution >= 0.6 is 0 Å². The highest BCUT2D eigenvalue weighted by molar-refractivity contribution is 5.20. The van der Waals surface area contributed by atoms with Crippen LogP contribution in [0.1, 0.15) is 56.6 Å². The molecule has 1 aromatic rings. The molecule has 0 heterocycles. The van der Waals surface area contributed by atoms with Gasteiger partial charge in [0.25, 0.3) is 0 Å². The molecule has 0 saturated heterocycles. The molecule has 100 valence electrons. The first-order valence-corrected chi connectivity index (χ1v) is 7.22. The van der Waals surface area contributed by atoms with E-state index in [-0.39, 0.29) is 5.41 Å². The summed E-state index contributed by atoms with van der Waals surface area (Å²) in [6.07, 6.45) is 7.98. The Kier molecular flexibility index (Phi) is 4.79. The molecule has 2 rings (SSSR count). The molecule has 0 amide bonds. The van der Waals surface area contributed by atoms with Crippen molar-refractivity contribution >= 4 is 0 Å². The van der Waals surface area contributed by atoms with Gasteiger partial charge in [0.15, 0.2) is 0 Å². The SMILES string of the molecule is NCC1(C(O)c2ccccc2)CCCCCCC1. The number of aliphatic hydroxyl groups is 1. The van der Waals surface area contributed by atoms with Gasteiger partial charge in [-0.1, -0.05) is 62.4 Å². The molecule has 1 atom stereocenters. The van der Waals surface area contributed by atoms with Crippen LogP contribution in [-0.4, -0.2) is 11.7 Å². The lowest BCUT2D eigenvalue weighted by atomic mass is 9.70. The maximum Gasteiger partial charge on any atom is 0.0858 e. The molecule has 2 heteroatoms. The van der Waals surface area contributed by atoms with Crippen LogP contribution < -0.4 is 5.73 Å². The molecule has 1 saturated carbocycles. The first-order valence-electron chi connectivity index (χ1n) is 7.22. The van der Waals surface area contributed by atoms with Gasteiger partial charge in [0.1, 0.15) is 0 Å². The Morgan fingerprint density at radius 2 is 1.56 bits per heavy atom. The maximum atomic E-state index is 10.7. The summed E-state index contributed by atoms with van der Waals surface area (Å²) in [5.41, 5.74) is 6.94. The van der Waals surface area contributed by atoms with Crippen LogP contribution in [0, 0.1) is 5.41 Å². The highest BCUT2D eigenvalue weighted by Gasteiger charge is 2.37. The second-order valence-corrected chi connectivity index (χ2v) is 5.65. The van der Waals surface area contributed by atoms with Gasteiger partial charge in [-0.15, -0.1) is 0 Å². The summed E-state index contributed by atoms with van der Waals surface area (Å²) in [4.78, 5) is 0. The molecule has 2 nitrogen and oxygen atoms in total. The van der Waals surface area contributed by atoms with E-state index in [0.717, 1.165) is 18.4 Å². The third kappa shape index (κ3) is 2.93. The number of benzene rings is 1. The zero-order chi connectivity index (χ0) is 12.8. The summed E-state index contributed by atoms with van der Waals surface area (Å²) in [6, 6.07) is 10.0. The third-order valence-corrected chi connectivity index (χ3v) is 4.45. The lowest BCUT2D eigenvalue weighted by Gasteiger charge is -2.39. The second kappa shape index (κ2) is 6.35. The minimum absolute atomic E-state index is 0.109. The van der Waals surface area contributed by atoms with Gasteiger partial charge in [0.05, 0.1) is 6.10 Å². The average Bonchev–Trinajstić information content (AvgIpc) is 2.40. The van der Waals surface area contributed by atoms with Crippen LogP contribution in [0.3, 0.4) is 0 Å². The van der Waals surface area contributed by atoms with Gasteiger partial charge in [0.2, 0.25) is 0 Å². The van der Waals surface area contributed by atoms with E-state index in [9.17, 15) is 5.11 Å². The molecule has 0 aromatic heterocycles. The van der Waals surface area contributed by atoms with Gasteiger partial charge < -0.3 is 10.8 Å². The zero-order valence-electron chi connectivity index (χ0n) is 11.1. The second-order valence-electron chi connectivity index (χ2n) is 5.65. The Morgan fingerprint density at radius 1 is 1.00 bits per heavy atom. The summed E-state index contributed by atoms with van der Waals surface area (Å²) in [7, 11) is 0. The molecule has 1 aliphatic rings. The molecule has 0 bridgehead atoms. The molecule has 0 spiro atoms. The number of nitrogens with two attached hydrogens (primary N) is 1. The Hall–Kier alpha value is -0.860. The number of hydrogen-bond donors (Lipinski definition) is 2. The summed E-state index contributed by atoms with van der Waals surface area (Å²) in [5, 5.41) is 10.7. The highest BCUT2D eigenvalue weighted by atomic mass is 16.3. The summed E-state index contributed by atoms with van der Waals surface area (Å²) >= 11 is 0. The number of hydrogen-bond acceptors (Lipinski definition) is 2. The molecular formula is C16H25NO. The minimum Gasteiger partial charge on any atom is -0.388 e. The van der Waals surface area contributed by atoms with Gasteiger partial charge in [-0.3, -0.25) is 0 Å².